The highest BCUT2D eigenvalue weighted by Crippen LogP contribution is 2.43. The van der Waals surface area contributed by atoms with Gasteiger partial charge >= 0.3 is 0 Å². The molecule has 0 saturated carbocycles. The van der Waals surface area contributed by atoms with Crippen LogP contribution in [0.4, 0.5) is 5.69 Å². The lowest BCUT2D eigenvalue weighted by Crippen LogP contribution is -2.29. The quantitative estimate of drug-likeness (QED) is 0.351. The van der Waals surface area contributed by atoms with Crippen molar-refractivity contribution in [1.82, 2.24) is 0 Å². The number of amides is 1. The number of benzene rings is 2. The number of aryl methyl sites for hydroxylation is 5. The maximum Gasteiger partial charge on any atom is 0.300 e. The van der Waals surface area contributed by atoms with Crippen molar-refractivity contribution in [2.45, 2.75) is 40.7 Å². The molecule has 1 amide bonds. The summed E-state index contributed by atoms with van der Waals surface area (Å²) in [6.45, 7) is 9.52. The van der Waals surface area contributed by atoms with Gasteiger partial charge in [0.2, 0.25) is 0 Å². The van der Waals surface area contributed by atoms with E-state index < -0.39 is 17.7 Å². The number of furan rings is 1. The van der Waals surface area contributed by atoms with E-state index in [9.17, 15) is 14.7 Å². The third kappa shape index (κ3) is 3.46. The summed E-state index contributed by atoms with van der Waals surface area (Å²) in [4.78, 5) is 27.8. The van der Waals surface area contributed by atoms with Gasteiger partial charge in [-0.2, -0.15) is 0 Å². The Balaban J connectivity index is 1.98. The number of nitrogens with zero attached hydrogens (tertiary/aromatic N) is 1. The molecule has 1 aromatic heterocycles. The molecule has 1 N–H and O–H groups in total. The molecule has 4 rings (SSSR count). The summed E-state index contributed by atoms with van der Waals surface area (Å²) >= 11 is 0. The fourth-order valence-electron chi connectivity index (χ4n) is 3.98. The van der Waals surface area contributed by atoms with E-state index in [1.807, 2.05) is 64.1 Å². The van der Waals surface area contributed by atoms with Crippen LogP contribution >= 0.6 is 0 Å². The molecule has 0 aliphatic carbocycles. The van der Waals surface area contributed by atoms with Crippen LogP contribution in [-0.4, -0.2) is 16.8 Å². The first-order chi connectivity index (χ1) is 14.7. The van der Waals surface area contributed by atoms with Crippen molar-refractivity contribution in [1.29, 1.82) is 0 Å². The van der Waals surface area contributed by atoms with Crippen molar-refractivity contribution < 1.29 is 19.1 Å². The van der Waals surface area contributed by atoms with Gasteiger partial charge in [0, 0.05) is 11.3 Å². The van der Waals surface area contributed by atoms with Gasteiger partial charge in [-0.1, -0.05) is 23.8 Å². The van der Waals surface area contributed by atoms with Crippen molar-refractivity contribution in [2.75, 3.05) is 4.90 Å². The van der Waals surface area contributed by atoms with Gasteiger partial charge in [0.05, 0.1) is 5.57 Å². The summed E-state index contributed by atoms with van der Waals surface area (Å²) in [5, 5.41) is 11.3. The molecule has 158 valence electrons. The normalized spacial score (nSPS) is 18.1. The number of rotatable bonds is 3. The molecule has 31 heavy (non-hydrogen) atoms. The van der Waals surface area contributed by atoms with Gasteiger partial charge in [-0.25, -0.2) is 0 Å². The summed E-state index contributed by atoms with van der Waals surface area (Å²) in [5.41, 5.74) is 5.00. The Hall–Kier alpha value is -3.60. The highest BCUT2D eigenvalue weighted by molar-refractivity contribution is 6.51. The molecule has 3 aromatic rings. The predicted molar refractivity (Wildman–Crippen MR) is 120 cm³/mol. The number of Topliss-reactive ketones (excluding diaryl/α,β-unsaturated/α-hetero) is 1. The van der Waals surface area contributed by atoms with Crippen LogP contribution < -0.4 is 4.90 Å². The first-order valence-electron chi connectivity index (χ1n) is 10.2. The number of carbonyl (C=O) groups excluding carboxylic acids is 2. The molecule has 0 spiro atoms. The molecule has 2 aromatic carbocycles. The number of carbonyl (C=O) groups is 2. The minimum Gasteiger partial charge on any atom is -0.507 e. The minimum absolute atomic E-state index is 0.0336. The molecule has 1 aliphatic heterocycles. The molecule has 5 nitrogen and oxygen atoms in total. The molecule has 1 fully saturated rings. The average Bonchev–Trinajstić information content (AvgIpc) is 3.27. The largest absolute Gasteiger partial charge is 0.507 e. The molecule has 1 aliphatic rings. The molecule has 0 radical (unpaired) electrons. The van der Waals surface area contributed by atoms with E-state index in [-0.39, 0.29) is 11.3 Å². The molecule has 1 unspecified atom stereocenters. The van der Waals surface area contributed by atoms with Gasteiger partial charge in [0.25, 0.3) is 11.7 Å². The summed E-state index contributed by atoms with van der Waals surface area (Å²) in [5.74, 6) is -0.510. The molecule has 5 heteroatoms. The zero-order valence-electron chi connectivity index (χ0n) is 18.3. The van der Waals surface area contributed by atoms with Gasteiger partial charge in [0.15, 0.2) is 0 Å². The van der Waals surface area contributed by atoms with Gasteiger partial charge in [-0.15, -0.1) is 0 Å². The van der Waals surface area contributed by atoms with E-state index in [4.69, 9.17) is 4.42 Å². The Bertz CT molecular complexity index is 1250. The molecular weight excluding hydrogens is 390 g/mol. The van der Waals surface area contributed by atoms with Crippen molar-refractivity contribution in [3.8, 4) is 0 Å². The van der Waals surface area contributed by atoms with Gasteiger partial charge in [0.1, 0.15) is 23.3 Å². The van der Waals surface area contributed by atoms with E-state index in [0.29, 0.717) is 22.8 Å². The van der Waals surface area contributed by atoms with Crippen LogP contribution in [0.1, 0.15) is 45.4 Å². The number of hydrogen-bond acceptors (Lipinski definition) is 4. The van der Waals surface area contributed by atoms with Crippen molar-refractivity contribution in [3.05, 3.63) is 93.4 Å². The topological polar surface area (TPSA) is 70.8 Å². The molecule has 1 atom stereocenters. The van der Waals surface area contributed by atoms with Crippen LogP contribution in [0.5, 0.6) is 0 Å². The monoisotopic (exact) mass is 415 g/mol. The van der Waals surface area contributed by atoms with Crippen LogP contribution in [0.3, 0.4) is 0 Å². The Morgan fingerprint density at radius 1 is 0.871 bits per heavy atom. The van der Waals surface area contributed by atoms with Crippen LogP contribution in [0.15, 0.2) is 58.5 Å². The minimum atomic E-state index is -0.851. The first-order valence-corrected chi connectivity index (χ1v) is 10.2. The Morgan fingerprint density at radius 2 is 1.58 bits per heavy atom. The maximum absolute atomic E-state index is 13.2. The zero-order valence-corrected chi connectivity index (χ0v) is 18.3. The van der Waals surface area contributed by atoms with Gasteiger partial charge in [-0.05, 0) is 81.6 Å². The molecule has 0 bridgehead atoms. The van der Waals surface area contributed by atoms with E-state index >= 15 is 0 Å². The highest BCUT2D eigenvalue weighted by atomic mass is 16.3. The second-order valence-electron chi connectivity index (χ2n) is 8.20. The van der Waals surface area contributed by atoms with E-state index in [2.05, 4.69) is 0 Å². The van der Waals surface area contributed by atoms with E-state index in [1.54, 1.807) is 19.1 Å². The molecular formula is C26H25NO4. The van der Waals surface area contributed by atoms with Crippen LogP contribution in [0, 0.1) is 34.6 Å². The number of aliphatic hydroxyl groups is 1. The number of anilines is 1. The van der Waals surface area contributed by atoms with Crippen LogP contribution in [-0.2, 0) is 9.59 Å². The third-order valence-corrected chi connectivity index (χ3v) is 5.89. The first kappa shape index (κ1) is 20.7. The number of ketones is 1. The van der Waals surface area contributed by atoms with E-state index in [1.165, 1.54) is 4.90 Å². The van der Waals surface area contributed by atoms with Crippen molar-refractivity contribution in [2.24, 2.45) is 0 Å². The number of aliphatic hydroxyl groups excluding tert-OH is 1. The second kappa shape index (κ2) is 7.58. The third-order valence-electron chi connectivity index (χ3n) is 5.89. The van der Waals surface area contributed by atoms with Crippen molar-refractivity contribution >= 4 is 23.1 Å². The maximum atomic E-state index is 13.2. The van der Waals surface area contributed by atoms with Gasteiger partial charge in [-0.3, -0.25) is 14.5 Å². The average molecular weight is 415 g/mol. The van der Waals surface area contributed by atoms with Crippen LogP contribution in [0.25, 0.3) is 5.76 Å². The lowest BCUT2D eigenvalue weighted by Gasteiger charge is -2.24. The summed E-state index contributed by atoms with van der Waals surface area (Å²) < 4.78 is 5.85. The fraction of sp³-hybridized carbons (Fsp3) is 0.231. The second-order valence-corrected chi connectivity index (χ2v) is 8.20. The van der Waals surface area contributed by atoms with Gasteiger partial charge < -0.3 is 9.52 Å². The zero-order chi connectivity index (χ0) is 22.4. The smallest absolute Gasteiger partial charge is 0.300 e. The fourth-order valence-corrected chi connectivity index (χ4v) is 3.98. The number of hydrogen-bond donors (Lipinski definition) is 1. The van der Waals surface area contributed by atoms with Crippen molar-refractivity contribution in [3.63, 3.8) is 0 Å². The lowest BCUT2D eigenvalue weighted by molar-refractivity contribution is -0.132. The summed E-state index contributed by atoms with van der Waals surface area (Å²) in [7, 11) is 0. The van der Waals surface area contributed by atoms with Crippen LogP contribution in [0.2, 0.25) is 0 Å². The summed E-state index contributed by atoms with van der Waals surface area (Å²) in [6.07, 6.45) is 0. The Kier molecular flexibility index (Phi) is 5.05. The summed E-state index contributed by atoms with van der Waals surface area (Å²) in [6, 6.07) is 13.9. The molecule has 2 heterocycles. The molecule has 1 saturated heterocycles. The standard InChI is InChI=1S/C26H25NO4/c1-14-6-7-16(3)20(12-14)24(28)22-23(21-11-9-18(5)31-21)27(26(30)25(22)29)19-10-8-15(2)17(4)13-19/h6-13,23,28H,1-5H3/b24-22-. The highest BCUT2D eigenvalue weighted by Gasteiger charge is 2.48. The SMILES string of the molecule is Cc1ccc(C)c(/C(O)=C2/C(=O)C(=O)N(c3ccc(C)c(C)c3)C2c2ccc(C)o2)c1. The lowest BCUT2D eigenvalue weighted by atomic mass is 9.96. The predicted octanol–water partition coefficient (Wildman–Crippen LogP) is 5.45. The Labute approximate surface area is 181 Å². The van der Waals surface area contributed by atoms with E-state index in [0.717, 1.165) is 22.3 Å². The Morgan fingerprint density at radius 3 is 2.23 bits per heavy atom.